The summed E-state index contributed by atoms with van der Waals surface area (Å²) in [7, 11) is 1.68. The Morgan fingerprint density at radius 1 is 1.05 bits per heavy atom. The third-order valence-electron chi connectivity index (χ3n) is 3.34. The summed E-state index contributed by atoms with van der Waals surface area (Å²) in [5.74, 6) is 0. The molecular formula is C17H21NO2. The van der Waals surface area contributed by atoms with E-state index < -0.39 is 5.60 Å². The van der Waals surface area contributed by atoms with Crippen LogP contribution in [0.1, 0.15) is 18.1 Å². The van der Waals surface area contributed by atoms with Crippen LogP contribution in [0.25, 0.3) is 0 Å². The molecule has 0 aliphatic heterocycles. The van der Waals surface area contributed by atoms with Gasteiger partial charge >= 0.3 is 0 Å². The lowest BCUT2D eigenvalue weighted by atomic mass is 9.96. The zero-order valence-electron chi connectivity index (χ0n) is 12.0. The first-order valence-electron chi connectivity index (χ1n) is 6.72. The summed E-state index contributed by atoms with van der Waals surface area (Å²) in [5, 5.41) is 13.9. The van der Waals surface area contributed by atoms with Gasteiger partial charge in [0.05, 0.1) is 6.61 Å². The van der Waals surface area contributed by atoms with Gasteiger partial charge in [-0.25, -0.2) is 0 Å². The zero-order valence-corrected chi connectivity index (χ0v) is 12.0. The van der Waals surface area contributed by atoms with Gasteiger partial charge in [0.25, 0.3) is 0 Å². The highest BCUT2D eigenvalue weighted by Crippen LogP contribution is 2.22. The van der Waals surface area contributed by atoms with Crippen molar-refractivity contribution in [2.24, 2.45) is 0 Å². The molecule has 0 fully saturated rings. The van der Waals surface area contributed by atoms with Crippen LogP contribution in [0.2, 0.25) is 0 Å². The molecular weight excluding hydrogens is 250 g/mol. The van der Waals surface area contributed by atoms with E-state index in [0.717, 1.165) is 16.8 Å². The van der Waals surface area contributed by atoms with Crippen LogP contribution < -0.4 is 5.32 Å². The number of hydrogen-bond acceptors (Lipinski definition) is 3. The molecule has 3 nitrogen and oxygen atoms in total. The topological polar surface area (TPSA) is 41.5 Å². The molecule has 0 bridgehead atoms. The van der Waals surface area contributed by atoms with Gasteiger partial charge in [0.15, 0.2) is 0 Å². The molecule has 2 rings (SSSR count). The molecule has 20 heavy (non-hydrogen) atoms. The third kappa shape index (κ3) is 3.59. The number of methoxy groups -OCH3 is 1. The molecule has 1 atom stereocenters. The average molecular weight is 271 g/mol. The Morgan fingerprint density at radius 3 is 2.40 bits per heavy atom. The van der Waals surface area contributed by atoms with Crippen molar-refractivity contribution in [2.75, 3.05) is 19.0 Å². The number of nitrogens with one attached hydrogen (secondary N) is 1. The molecule has 0 aliphatic rings. The van der Waals surface area contributed by atoms with Crippen molar-refractivity contribution < 1.29 is 9.84 Å². The zero-order chi connectivity index (χ0) is 14.4. The standard InChI is InChI=1S/C17H21NO2/c1-17(19,15-9-4-3-5-10-15)13-18-16-11-7-6-8-14(16)12-20-2/h3-11,18-19H,12-13H2,1-2H3. The monoisotopic (exact) mass is 271 g/mol. The third-order valence-corrected chi connectivity index (χ3v) is 3.34. The minimum Gasteiger partial charge on any atom is -0.384 e. The molecule has 0 amide bonds. The first-order valence-corrected chi connectivity index (χ1v) is 6.72. The maximum absolute atomic E-state index is 10.6. The Balaban J connectivity index is 2.08. The van der Waals surface area contributed by atoms with Crippen molar-refractivity contribution in [1.29, 1.82) is 0 Å². The van der Waals surface area contributed by atoms with Crippen molar-refractivity contribution in [3.63, 3.8) is 0 Å². The Morgan fingerprint density at radius 2 is 1.70 bits per heavy atom. The smallest absolute Gasteiger partial charge is 0.104 e. The summed E-state index contributed by atoms with van der Waals surface area (Å²) < 4.78 is 5.18. The van der Waals surface area contributed by atoms with E-state index in [0.29, 0.717) is 13.2 Å². The Labute approximate surface area is 120 Å². The first-order chi connectivity index (χ1) is 9.63. The summed E-state index contributed by atoms with van der Waals surface area (Å²) in [6.45, 7) is 2.81. The van der Waals surface area contributed by atoms with Crippen molar-refractivity contribution >= 4 is 5.69 Å². The molecule has 2 aromatic carbocycles. The highest BCUT2D eigenvalue weighted by Gasteiger charge is 2.22. The molecule has 1 unspecified atom stereocenters. The van der Waals surface area contributed by atoms with E-state index in [4.69, 9.17) is 4.74 Å². The number of benzene rings is 2. The van der Waals surface area contributed by atoms with Crippen LogP contribution in [-0.4, -0.2) is 18.8 Å². The number of rotatable bonds is 6. The molecule has 2 N–H and O–H groups in total. The van der Waals surface area contributed by atoms with E-state index in [2.05, 4.69) is 5.32 Å². The van der Waals surface area contributed by atoms with Gasteiger partial charge in [-0.15, -0.1) is 0 Å². The van der Waals surface area contributed by atoms with Gasteiger partial charge in [-0.3, -0.25) is 0 Å². The van der Waals surface area contributed by atoms with Crippen LogP contribution in [0.4, 0.5) is 5.69 Å². The second-order valence-electron chi connectivity index (χ2n) is 5.08. The summed E-state index contributed by atoms with van der Waals surface area (Å²) in [4.78, 5) is 0. The van der Waals surface area contributed by atoms with Crippen LogP contribution in [0.5, 0.6) is 0 Å². The molecule has 2 aromatic rings. The molecule has 0 spiro atoms. The largest absolute Gasteiger partial charge is 0.384 e. The number of hydrogen-bond donors (Lipinski definition) is 2. The lowest BCUT2D eigenvalue weighted by molar-refractivity contribution is 0.0714. The number of ether oxygens (including phenoxy) is 1. The van der Waals surface area contributed by atoms with Crippen molar-refractivity contribution in [2.45, 2.75) is 19.1 Å². The fraction of sp³-hybridized carbons (Fsp3) is 0.294. The molecule has 0 radical (unpaired) electrons. The van der Waals surface area contributed by atoms with Crippen LogP contribution in [0.3, 0.4) is 0 Å². The van der Waals surface area contributed by atoms with Gasteiger partial charge in [-0.2, -0.15) is 0 Å². The highest BCUT2D eigenvalue weighted by molar-refractivity contribution is 5.51. The van der Waals surface area contributed by atoms with Gasteiger partial charge in [0.2, 0.25) is 0 Å². The van der Waals surface area contributed by atoms with Crippen molar-refractivity contribution in [3.05, 3.63) is 65.7 Å². The summed E-state index contributed by atoms with van der Waals surface area (Å²) >= 11 is 0. The number of aliphatic hydroxyl groups is 1. The SMILES string of the molecule is COCc1ccccc1NCC(C)(O)c1ccccc1. The summed E-state index contributed by atoms with van der Waals surface area (Å²) in [5.41, 5.74) is 2.06. The van der Waals surface area contributed by atoms with E-state index in [1.807, 2.05) is 61.5 Å². The van der Waals surface area contributed by atoms with E-state index in [1.165, 1.54) is 0 Å². The number of anilines is 1. The van der Waals surface area contributed by atoms with Crippen LogP contribution >= 0.6 is 0 Å². The van der Waals surface area contributed by atoms with E-state index in [-0.39, 0.29) is 0 Å². The fourth-order valence-electron chi connectivity index (χ4n) is 2.14. The minimum atomic E-state index is -0.915. The molecule has 106 valence electrons. The maximum Gasteiger partial charge on any atom is 0.104 e. The summed E-state index contributed by atoms with van der Waals surface area (Å²) in [6, 6.07) is 17.6. The van der Waals surface area contributed by atoms with Gasteiger partial charge in [0, 0.05) is 24.9 Å². The normalized spacial score (nSPS) is 13.8. The van der Waals surface area contributed by atoms with Gasteiger partial charge < -0.3 is 15.2 Å². The van der Waals surface area contributed by atoms with Gasteiger partial charge in [0.1, 0.15) is 5.60 Å². The minimum absolute atomic E-state index is 0.442. The van der Waals surface area contributed by atoms with Gasteiger partial charge in [-0.1, -0.05) is 48.5 Å². The van der Waals surface area contributed by atoms with Crippen molar-refractivity contribution in [1.82, 2.24) is 0 Å². The predicted octanol–water partition coefficient (Wildman–Crippen LogP) is 3.15. The molecule has 0 aromatic heterocycles. The molecule has 0 saturated heterocycles. The second kappa shape index (κ2) is 6.55. The van der Waals surface area contributed by atoms with E-state index >= 15 is 0 Å². The lowest BCUT2D eigenvalue weighted by Crippen LogP contribution is -2.30. The average Bonchev–Trinajstić information content (AvgIpc) is 2.48. The lowest BCUT2D eigenvalue weighted by Gasteiger charge is -2.25. The Bertz CT molecular complexity index is 538. The number of para-hydroxylation sites is 1. The predicted molar refractivity (Wildman–Crippen MR) is 81.7 cm³/mol. The quantitative estimate of drug-likeness (QED) is 0.848. The fourth-order valence-corrected chi connectivity index (χ4v) is 2.14. The van der Waals surface area contributed by atoms with Crippen LogP contribution in [0, 0.1) is 0 Å². The maximum atomic E-state index is 10.6. The molecule has 0 aliphatic carbocycles. The summed E-state index contributed by atoms with van der Waals surface area (Å²) in [6.07, 6.45) is 0. The second-order valence-corrected chi connectivity index (χ2v) is 5.08. The molecule has 0 heterocycles. The molecule has 0 saturated carbocycles. The van der Waals surface area contributed by atoms with E-state index in [9.17, 15) is 5.11 Å². The highest BCUT2D eigenvalue weighted by atomic mass is 16.5. The van der Waals surface area contributed by atoms with Crippen molar-refractivity contribution in [3.8, 4) is 0 Å². The Hall–Kier alpha value is -1.84. The van der Waals surface area contributed by atoms with E-state index in [1.54, 1.807) is 7.11 Å². The molecule has 3 heteroatoms. The first kappa shape index (κ1) is 14.6. The van der Waals surface area contributed by atoms with Crippen LogP contribution in [0.15, 0.2) is 54.6 Å². The van der Waals surface area contributed by atoms with Crippen LogP contribution in [-0.2, 0) is 16.9 Å². The Kier molecular flexibility index (Phi) is 4.77. The van der Waals surface area contributed by atoms with Gasteiger partial charge in [-0.05, 0) is 18.6 Å².